The number of ether oxygens (including phenoxy) is 1. The van der Waals surface area contributed by atoms with Gasteiger partial charge in [0.2, 0.25) is 0 Å². The van der Waals surface area contributed by atoms with Crippen LogP contribution in [0.3, 0.4) is 0 Å². The Kier molecular flexibility index (Phi) is 4.57. The number of rotatable bonds is 5. The molecule has 0 spiro atoms. The van der Waals surface area contributed by atoms with Crippen molar-refractivity contribution in [3.05, 3.63) is 58.6 Å². The minimum absolute atomic E-state index is 0.00912. The maximum atomic E-state index is 11.9. The highest BCUT2D eigenvalue weighted by Gasteiger charge is 2.08. The summed E-state index contributed by atoms with van der Waals surface area (Å²) in [4.78, 5) is 16.4. The van der Waals surface area contributed by atoms with E-state index in [0.717, 1.165) is 32.1 Å². The molecule has 5 heteroatoms. The fraction of sp³-hybridized carbons (Fsp3) is 0.222. The summed E-state index contributed by atoms with van der Waals surface area (Å²) < 4.78 is 6.73. The van der Waals surface area contributed by atoms with Crippen LogP contribution in [0.15, 0.2) is 42.5 Å². The van der Waals surface area contributed by atoms with Crippen LogP contribution in [-0.2, 0) is 11.3 Å². The van der Waals surface area contributed by atoms with E-state index in [1.165, 1.54) is 0 Å². The van der Waals surface area contributed by atoms with Crippen LogP contribution in [0, 0.1) is 13.8 Å². The van der Waals surface area contributed by atoms with Crippen molar-refractivity contribution in [3.8, 4) is 5.75 Å². The Labute approximate surface area is 139 Å². The molecule has 1 heterocycles. The minimum atomic E-state index is -0.148. The average molecular weight is 326 g/mol. The first kappa shape index (κ1) is 15.5. The van der Waals surface area contributed by atoms with Crippen molar-refractivity contribution in [3.63, 3.8) is 0 Å². The Balaban J connectivity index is 1.54. The number of nitrogens with zero attached hydrogens (tertiary/aromatic N) is 1. The number of aromatic nitrogens is 1. The van der Waals surface area contributed by atoms with Crippen LogP contribution in [0.1, 0.15) is 16.1 Å². The van der Waals surface area contributed by atoms with Gasteiger partial charge in [-0.3, -0.25) is 4.79 Å². The maximum absolute atomic E-state index is 11.9. The molecule has 4 nitrogen and oxygen atoms in total. The zero-order chi connectivity index (χ0) is 16.2. The van der Waals surface area contributed by atoms with Crippen molar-refractivity contribution in [2.45, 2.75) is 20.4 Å². The predicted octanol–water partition coefficient (Wildman–Crippen LogP) is 3.61. The monoisotopic (exact) mass is 326 g/mol. The van der Waals surface area contributed by atoms with Crippen molar-refractivity contribution in [2.75, 3.05) is 6.61 Å². The molecule has 0 bridgehead atoms. The molecule has 0 saturated carbocycles. The number of thiazole rings is 1. The number of carbonyl (C=O) groups is 1. The van der Waals surface area contributed by atoms with Gasteiger partial charge in [0.15, 0.2) is 6.61 Å². The summed E-state index contributed by atoms with van der Waals surface area (Å²) >= 11 is 1.59. The smallest absolute Gasteiger partial charge is 0.258 e. The molecule has 0 fully saturated rings. The molecule has 0 aliphatic heterocycles. The number of fused-ring (bicyclic) bond motifs is 1. The molecular weight excluding hydrogens is 308 g/mol. The van der Waals surface area contributed by atoms with E-state index in [2.05, 4.69) is 10.3 Å². The van der Waals surface area contributed by atoms with Crippen molar-refractivity contribution in [2.24, 2.45) is 0 Å². The van der Waals surface area contributed by atoms with E-state index in [-0.39, 0.29) is 12.5 Å². The van der Waals surface area contributed by atoms with E-state index >= 15 is 0 Å². The normalized spacial score (nSPS) is 10.7. The highest BCUT2D eigenvalue weighted by atomic mass is 32.1. The Morgan fingerprint density at radius 1 is 1.17 bits per heavy atom. The Morgan fingerprint density at radius 3 is 2.83 bits per heavy atom. The van der Waals surface area contributed by atoms with Crippen molar-refractivity contribution in [1.82, 2.24) is 10.3 Å². The lowest BCUT2D eigenvalue weighted by molar-refractivity contribution is -0.123. The molecular formula is C18H18N2O2S. The van der Waals surface area contributed by atoms with Gasteiger partial charge in [-0.15, -0.1) is 11.3 Å². The van der Waals surface area contributed by atoms with Gasteiger partial charge in [0.25, 0.3) is 5.91 Å². The molecule has 2 aromatic carbocycles. The largest absolute Gasteiger partial charge is 0.483 e. The standard InChI is InChI=1S/C18H18N2O2S/c1-12-6-5-8-15(13(12)2)22-11-17(21)19-10-18-20-14-7-3-4-9-16(14)23-18/h3-9H,10-11H2,1-2H3,(H,19,21). The summed E-state index contributed by atoms with van der Waals surface area (Å²) in [6.45, 7) is 4.45. The van der Waals surface area contributed by atoms with Gasteiger partial charge >= 0.3 is 0 Å². The molecule has 1 aromatic heterocycles. The third-order valence-corrected chi connectivity index (χ3v) is 4.73. The first-order valence-electron chi connectivity index (χ1n) is 7.43. The lowest BCUT2D eigenvalue weighted by atomic mass is 10.1. The van der Waals surface area contributed by atoms with Crippen LogP contribution in [-0.4, -0.2) is 17.5 Å². The average Bonchev–Trinajstić information content (AvgIpc) is 2.97. The molecule has 118 valence electrons. The fourth-order valence-corrected chi connectivity index (χ4v) is 3.15. The second-order valence-electron chi connectivity index (χ2n) is 5.34. The van der Waals surface area contributed by atoms with Gasteiger partial charge in [-0.1, -0.05) is 24.3 Å². The summed E-state index contributed by atoms with van der Waals surface area (Å²) in [7, 11) is 0. The van der Waals surface area contributed by atoms with Crippen molar-refractivity contribution >= 4 is 27.5 Å². The molecule has 3 rings (SSSR count). The van der Waals surface area contributed by atoms with Crippen LogP contribution < -0.4 is 10.1 Å². The van der Waals surface area contributed by atoms with Crippen LogP contribution in [0.5, 0.6) is 5.75 Å². The van der Waals surface area contributed by atoms with Crippen LogP contribution in [0.2, 0.25) is 0 Å². The third kappa shape index (κ3) is 3.68. The van der Waals surface area contributed by atoms with Crippen molar-refractivity contribution in [1.29, 1.82) is 0 Å². The van der Waals surface area contributed by atoms with E-state index < -0.39 is 0 Å². The highest BCUT2D eigenvalue weighted by Crippen LogP contribution is 2.22. The van der Waals surface area contributed by atoms with E-state index in [0.29, 0.717) is 6.54 Å². The molecule has 23 heavy (non-hydrogen) atoms. The number of hydrogen-bond donors (Lipinski definition) is 1. The Morgan fingerprint density at radius 2 is 2.00 bits per heavy atom. The number of amides is 1. The van der Waals surface area contributed by atoms with E-state index in [1.54, 1.807) is 11.3 Å². The predicted molar refractivity (Wildman–Crippen MR) is 92.9 cm³/mol. The SMILES string of the molecule is Cc1cccc(OCC(=O)NCc2nc3ccccc3s2)c1C. The summed E-state index contributed by atoms with van der Waals surface area (Å²) in [6.07, 6.45) is 0. The van der Waals surface area contributed by atoms with Crippen LogP contribution in [0.4, 0.5) is 0 Å². The second kappa shape index (κ2) is 6.79. The van der Waals surface area contributed by atoms with Crippen LogP contribution >= 0.6 is 11.3 Å². The van der Waals surface area contributed by atoms with Gasteiger partial charge < -0.3 is 10.1 Å². The van der Waals surface area contributed by atoms with Gasteiger partial charge in [-0.25, -0.2) is 4.98 Å². The zero-order valence-electron chi connectivity index (χ0n) is 13.1. The number of benzene rings is 2. The van der Waals surface area contributed by atoms with Crippen LogP contribution in [0.25, 0.3) is 10.2 Å². The highest BCUT2D eigenvalue weighted by molar-refractivity contribution is 7.18. The van der Waals surface area contributed by atoms with Crippen molar-refractivity contribution < 1.29 is 9.53 Å². The number of carbonyl (C=O) groups excluding carboxylic acids is 1. The quantitative estimate of drug-likeness (QED) is 0.779. The van der Waals surface area contributed by atoms with E-state index in [4.69, 9.17) is 4.74 Å². The van der Waals surface area contributed by atoms with Gasteiger partial charge in [-0.05, 0) is 43.2 Å². The van der Waals surface area contributed by atoms with Gasteiger partial charge in [0, 0.05) is 0 Å². The van der Waals surface area contributed by atoms with E-state index in [1.807, 2.05) is 56.3 Å². The fourth-order valence-electron chi connectivity index (χ4n) is 2.24. The molecule has 0 aliphatic rings. The van der Waals surface area contributed by atoms with Gasteiger partial charge in [0.05, 0.1) is 16.8 Å². The second-order valence-corrected chi connectivity index (χ2v) is 6.45. The number of nitrogens with one attached hydrogen (secondary N) is 1. The number of para-hydroxylation sites is 1. The summed E-state index contributed by atoms with van der Waals surface area (Å²) in [5, 5.41) is 3.74. The minimum Gasteiger partial charge on any atom is -0.483 e. The first-order valence-corrected chi connectivity index (χ1v) is 8.25. The molecule has 1 N–H and O–H groups in total. The Bertz CT molecular complexity index is 809. The maximum Gasteiger partial charge on any atom is 0.258 e. The molecule has 0 radical (unpaired) electrons. The summed E-state index contributed by atoms with van der Waals surface area (Å²) in [5.74, 6) is 0.602. The first-order chi connectivity index (χ1) is 11.1. The number of hydrogen-bond acceptors (Lipinski definition) is 4. The topological polar surface area (TPSA) is 51.2 Å². The molecule has 0 aliphatic carbocycles. The lowest BCUT2D eigenvalue weighted by Crippen LogP contribution is -2.28. The summed E-state index contributed by atoms with van der Waals surface area (Å²) in [6, 6.07) is 13.8. The number of aryl methyl sites for hydroxylation is 1. The van der Waals surface area contributed by atoms with E-state index in [9.17, 15) is 4.79 Å². The molecule has 0 atom stereocenters. The van der Waals surface area contributed by atoms with Gasteiger partial charge in [-0.2, -0.15) is 0 Å². The molecule has 0 unspecified atom stereocenters. The summed E-state index contributed by atoms with van der Waals surface area (Å²) in [5.41, 5.74) is 3.18. The third-order valence-electron chi connectivity index (χ3n) is 3.69. The molecule has 1 amide bonds. The van der Waals surface area contributed by atoms with Gasteiger partial charge in [0.1, 0.15) is 10.8 Å². The molecule has 0 saturated heterocycles. The zero-order valence-corrected chi connectivity index (χ0v) is 13.9. The molecule has 3 aromatic rings. The lowest BCUT2D eigenvalue weighted by Gasteiger charge is -2.10. The Hall–Kier alpha value is -2.40.